The topological polar surface area (TPSA) is 93.2 Å². The number of nitro groups is 1. The monoisotopic (exact) mass is 316 g/mol. The number of nitro benzene ring substituents is 1. The zero-order valence-electron chi connectivity index (χ0n) is 11.2. The first-order valence-electron chi connectivity index (χ1n) is 6.12. The van der Waals surface area contributed by atoms with Gasteiger partial charge in [-0.05, 0) is 18.2 Å². The first kappa shape index (κ1) is 15.5. The van der Waals surface area contributed by atoms with E-state index < -0.39 is 10.9 Å². The minimum atomic E-state index is -0.873. The van der Waals surface area contributed by atoms with Crippen LogP contribution in [0.2, 0.25) is 5.02 Å². The lowest BCUT2D eigenvalue weighted by molar-refractivity contribution is -0.385. The maximum absolute atomic E-state index is 12.0. The van der Waals surface area contributed by atoms with Crippen molar-refractivity contribution in [3.63, 3.8) is 0 Å². The molecule has 0 saturated heterocycles. The summed E-state index contributed by atoms with van der Waals surface area (Å²) in [6, 6.07) is 12.2. The first-order chi connectivity index (χ1) is 10.5. The van der Waals surface area contributed by atoms with Crippen LogP contribution in [-0.4, -0.2) is 10.9 Å². The van der Waals surface area contributed by atoms with E-state index in [1.165, 1.54) is 12.1 Å². The van der Waals surface area contributed by atoms with E-state index in [1.54, 1.807) is 24.3 Å². The van der Waals surface area contributed by atoms with Crippen LogP contribution in [0, 0.1) is 21.4 Å². The van der Waals surface area contributed by atoms with Gasteiger partial charge in [0, 0.05) is 16.7 Å². The normalized spacial score (nSPS) is 9.82. The van der Waals surface area contributed by atoms with Crippen molar-refractivity contribution < 1.29 is 14.5 Å². The first-order valence-corrected chi connectivity index (χ1v) is 6.50. The van der Waals surface area contributed by atoms with Crippen LogP contribution in [0.1, 0.15) is 21.5 Å². The smallest absolute Gasteiger partial charge is 0.345 e. The Morgan fingerprint density at radius 1 is 1.32 bits per heavy atom. The number of nitriles is 1. The van der Waals surface area contributed by atoms with Gasteiger partial charge in [-0.15, -0.1) is 0 Å². The van der Waals surface area contributed by atoms with Gasteiger partial charge in [0.1, 0.15) is 12.2 Å². The standard InChI is InChI=1S/C15H9ClN2O4/c16-12-5-6-14(18(20)21)13(7-12)15(19)22-9-11-4-2-1-3-10(11)8-17/h1-7H,9H2. The maximum atomic E-state index is 12.0. The molecule has 0 atom stereocenters. The highest BCUT2D eigenvalue weighted by Crippen LogP contribution is 2.24. The predicted molar refractivity (Wildman–Crippen MR) is 78.4 cm³/mol. The van der Waals surface area contributed by atoms with Crippen molar-refractivity contribution in [2.45, 2.75) is 6.61 Å². The lowest BCUT2D eigenvalue weighted by atomic mass is 10.1. The molecule has 0 fully saturated rings. The second-order valence-electron chi connectivity index (χ2n) is 4.26. The summed E-state index contributed by atoms with van der Waals surface area (Å²) in [7, 11) is 0. The summed E-state index contributed by atoms with van der Waals surface area (Å²) in [5.41, 5.74) is 0.272. The SMILES string of the molecule is N#Cc1ccccc1COC(=O)c1cc(Cl)ccc1[N+](=O)[O-]. The number of rotatable bonds is 4. The number of carbonyl (C=O) groups excluding carboxylic acids is 1. The number of esters is 1. The maximum Gasteiger partial charge on any atom is 0.345 e. The van der Waals surface area contributed by atoms with Gasteiger partial charge in [0.25, 0.3) is 5.69 Å². The fourth-order valence-corrected chi connectivity index (χ4v) is 1.98. The highest BCUT2D eigenvalue weighted by Gasteiger charge is 2.22. The van der Waals surface area contributed by atoms with Gasteiger partial charge in [0.15, 0.2) is 0 Å². The van der Waals surface area contributed by atoms with Gasteiger partial charge in [-0.3, -0.25) is 10.1 Å². The average molecular weight is 317 g/mol. The third-order valence-corrected chi connectivity index (χ3v) is 3.11. The van der Waals surface area contributed by atoms with E-state index in [1.807, 2.05) is 6.07 Å². The van der Waals surface area contributed by atoms with E-state index in [9.17, 15) is 14.9 Å². The van der Waals surface area contributed by atoms with E-state index in [2.05, 4.69) is 0 Å². The molecule has 7 heteroatoms. The third-order valence-electron chi connectivity index (χ3n) is 2.87. The summed E-state index contributed by atoms with van der Waals surface area (Å²) in [6.45, 7) is -0.160. The molecule has 0 heterocycles. The van der Waals surface area contributed by atoms with Gasteiger partial charge in [-0.25, -0.2) is 4.79 Å². The van der Waals surface area contributed by atoms with Gasteiger partial charge in [0.05, 0.1) is 16.6 Å². The molecule has 110 valence electrons. The van der Waals surface area contributed by atoms with Crippen LogP contribution in [0.3, 0.4) is 0 Å². The highest BCUT2D eigenvalue weighted by molar-refractivity contribution is 6.31. The molecule has 0 saturated carbocycles. The molecule has 0 spiro atoms. The molecule has 0 unspecified atom stereocenters. The van der Waals surface area contributed by atoms with Crippen LogP contribution >= 0.6 is 11.6 Å². The van der Waals surface area contributed by atoms with Gasteiger partial charge >= 0.3 is 5.97 Å². The van der Waals surface area contributed by atoms with Crippen molar-refractivity contribution in [2.75, 3.05) is 0 Å². The fourth-order valence-electron chi connectivity index (χ4n) is 1.81. The van der Waals surface area contributed by atoms with Crippen molar-refractivity contribution in [1.29, 1.82) is 5.26 Å². The predicted octanol–water partition coefficient (Wildman–Crippen LogP) is 3.48. The summed E-state index contributed by atoms with van der Waals surface area (Å²) in [5, 5.41) is 20.1. The summed E-state index contributed by atoms with van der Waals surface area (Å²) in [4.78, 5) is 22.3. The Kier molecular flexibility index (Phi) is 4.71. The number of carbonyl (C=O) groups is 1. The van der Waals surface area contributed by atoms with Crippen molar-refractivity contribution >= 4 is 23.3 Å². The second kappa shape index (κ2) is 6.70. The van der Waals surface area contributed by atoms with Gasteiger partial charge in [0.2, 0.25) is 0 Å². The van der Waals surface area contributed by atoms with Crippen LogP contribution in [0.15, 0.2) is 42.5 Å². The Balaban J connectivity index is 2.22. The molecule has 0 aliphatic rings. The van der Waals surface area contributed by atoms with E-state index in [0.29, 0.717) is 11.1 Å². The van der Waals surface area contributed by atoms with Crippen molar-refractivity contribution in [3.8, 4) is 6.07 Å². The lowest BCUT2D eigenvalue weighted by Gasteiger charge is -2.07. The minimum Gasteiger partial charge on any atom is -0.457 e. The number of hydrogen-bond donors (Lipinski definition) is 0. The zero-order chi connectivity index (χ0) is 16.1. The number of benzene rings is 2. The largest absolute Gasteiger partial charge is 0.457 e. The summed E-state index contributed by atoms with van der Waals surface area (Å²) >= 11 is 5.76. The Morgan fingerprint density at radius 3 is 2.73 bits per heavy atom. The van der Waals surface area contributed by atoms with E-state index in [4.69, 9.17) is 21.6 Å². The molecule has 22 heavy (non-hydrogen) atoms. The van der Waals surface area contributed by atoms with Crippen LogP contribution in [0.25, 0.3) is 0 Å². The van der Waals surface area contributed by atoms with Gasteiger partial charge in [-0.2, -0.15) is 5.26 Å². The molecule has 0 aromatic heterocycles. The third kappa shape index (κ3) is 3.40. The number of halogens is 1. The van der Waals surface area contributed by atoms with Crippen molar-refractivity contribution in [3.05, 3.63) is 74.3 Å². The Morgan fingerprint density at radius 2 is 2.05 bits per heavy atom. The molecule has 0 aliphatic heterocycles. The molecule has 0 bridgehead atoms. The van der Waals surface area contributed by atoms with Crippen LogP contribution in [-0.2, 0) is 11.3 Å². The second-order valence-corrected chi connectivity index (χ2v) is 4.70. The summed E-state index contributed by atoms with van der Waals surface area (Å²) in [5.74, 6) is -0.873. The quantitative estimate of drug-likeness (QED) is 0.489. The molecular weight excluding hydrogens is 308 g/mol. The lowest BCUT2D eigenvalue weighted by Crippen LogP contribution is -2.09. The molecular formula is C15H9ClN2O4. The minimum absolute atomic E-state index is 0.160. The molecule has 0 radical (unpaired) electrons. The van der Waals surface area contributed by atoms with Crippen LogP contribution in [0.4, 0.5) is 5.69 Å². The molecule has 0 aliphatic carbocycles. The molecule has 2 aromatic rings. The molecule has 0 amide bonds. The molecule has 2 rings (SSSR count). The summed E-state index contributed by atoms with van der Waals surface area (Å²) < 4.78 is 5.05. The van der Waals surface area contributed by atoms with Gasteiger partial charge in [-0.1, -0.05) is 29.8 Å². The Bertz CT molecular complexity index is 783. The van der Waals surface area contributed by atoms with Crippen LogP contribution in [0.5, 0.6) is 0 Å². The number of nitrogens with zero attached hydrogens (tertiary/aromatic N) is 2. The average Bonchev–Trinajstić information content (AvgIpc) is 2.52. The number of hydrogen-bond acceptors (Lipinski definition) is 5. The molecule has 6 nitrogen and oxygen atoms in total. The van der Waals surface area contributed by atoms with E-state index >= 15 is 0 Å². The van der Waals surface area contributed by atoms with E-state index in [-0.39, 0.29) is 22.9 Å². The fraction of sp³-hybridized carbons (Fsp3) is 0.0667. The summed E-state index contributed by atoms with van der Waals surface area (Å²) in [6.07, 6.45) is 0. The van der Waals surface area contributed by atoms with Crippen LogP contribution < -0.4 is 0 Å². The van der Waals surface area contributed by atoms with Gasteiger partial charge < -0.3 is 4.74 Å². The molecule has 0 N–H and O–H groups in total. The zero-order valence-corrected chi connectivity index (χ0v) is 11.9. The number of ether oxygens (including phenoxy) is 1. The molecule has 2 aromatic carbocycles. The van der Waals surface area contributed by atoms with Crippen molar-refractivity contribution in [1.82, 2.24) is 0 Å². The highest BCUT2D eigenvalue weighted by atomic mass is 35.5. The van der Waals surface area contributed by atoms with Crippen molar-refractivity contribution in [2.24, 2.45) is 0 Å². The Labute approximate surface area is 130 Å². The Hall–Kier alpha value is -2.91. The van der Waals surface area contributed by atoms with E-state index in [0.717, 1.165) is 6.07 Å².